The molecule has 0 bridgehead atoms. The van der Waals surface area contributed by atoms with E-state index in [0.29, 0.717) is 11.4 Å². The average Bonchev–Trinajstić information content (AvgIpc) is 2.95. The number of nitrogens with zero attached hydrogens (tertiary/aromatic N) is 3. The van der Waals surface area contributed by atoms with Crippen LogP contribution >= 0.6 is 0 Å². The van der Waals surface area contributed by atoms with Gasteiger partial charge in [-0.25, -0.2) is 9.50 Å². The lowest BCUT2D eigenvalue weighted by molar-refractivity contribution is 0.102. The van der Waals surface area contributed by atoms with Crippen molar-refractivity contribution >= 4 is 17.4 Å². The molecule has 0 aromatic carbocycles. The molecule has 102 valence electrons. The molecule has 3 rings (SSSR count). The molecule has 6 nitrogen and oxygen atoms in total. The van der Waals surface area contributed by atoms with E-state index in [-0.39, 0.29) is 5.91 Å². The summed E-state index contributed by atoms with van der Waals surface area (Å²) in [5, 5.41) is 7.14. The van der Waals surface area contributed by atoms with E-state index in [1.54, 1.807) is 22.8 Å². The van der Waals surface area contributed by atoms with Crippen LogP contribution < -0.4 is 5.32 Å². The summed E-state index contributed by atoms with van der Waals surface area (Å²) in [6.45, 7) is 5.74. The van der Waals surface area contributed by atoms with Gasteiger partial charge in [-0.2, -0.15) is 0 Å². The topological polar surface area (TPSA) is 75.1 Å². The third-order valence-corrected chi connectivity index (χ3v) is 3.17. The SMILES string of the molecule is Cc1cc(C)n2nc(NC(=O)c3cc[nH]c3C)cc2n1. The molecule has 0 saturated heterocycles. The first-order valence-electron chi connectivity index (χ1n) is 6.34. The second-order valence-electron chi connectivity index (χ2n) is 4.81. The second-order valence-corrected chi connectivity index (χ2v) is 4.81. The summed E-state index contributed by atoms with van der Waals surface area (Å²) < 4.78 is 1.71. The summed E-state index contributed by atoms with van der Waals surface area (Å²) in [6.07, 6.45) is 1.74. The van der Waals surface area contributed by atoms with Gasteiger partial charge in [0.1, 0.15) is 0 Å². The maximum atomic E-state index is 12.1. The van der Waals surface area contributed by atoms with Gasteiger partial charge in [0, 0.05) is 29.3 Å². The van der Waals surface area contributed by atoms with Crippen molar-refractivity contribution in [2.24, 2.45) is 0 Å². The Morgan fingerprint density at radius 3 is 2.80 bits per heavy atom. The molecule has 0 unspecified atom stereocenters. The van der Waals surface area contributed by atoms with Gasteiger partial charge in [-0.1, -0.05) is 0 Å². The number of hydrogen-bond donors (Lipinski definition) is 2. The Morgan fingerprint density at radius 1 is 1.30 bits per heavy atom. The normalized spacial score (nSPS) is 10.9. The van der Waals surface area contributed by atoms with Crippen LogP contribution in [0.2, 0.25) is 0 Å². The number of hydrogen-bond acceptors (Lipinski definition) is 3. The Bertz CT molecular complexity index is 799. The van der Waals surface area contributed by atoms with E-state index in [1.807, 2.05) is 26.8 Å². The number of carbonyl (C=O) groups is 1. The molecule has 20 heavy (non-hydrogen) atoms. The molecule has 3 heterocycles. The van der Waals surface area contributed by atoms with Gasteiger partial charge in [0.2, 0.25) is 0 Å². The highest BCUT2D eigenvalue weighted by atomic mass is 16.1. The van der Waals surface area contributed by atoms with E-state index in [0.717, 1.165) is 22.7 Å². The van der Waals surface area contributed by atoms with E-state index in [2.05, 4.69) is 20.4 Å². The predicted molar refractivity (Wildman–Crippen MR) is 75.9 cm³/mol. The summed E-state index contributed by atoms with van der Waals surface area (Å²) in [5.41, 5.74) is 4.07. The molecular weight excluding hydrogens is 254 g/mol. The Morgan fingerprint density at radius 2 is 2.10 bits per heavy atom. The zero-order valence-electron chi connectivity index (χ0n) is 11.6. The number of amides is 1. The lowest BCUT2D eigenvalue weighted by atomic mass is 10.2. The van der Waals surface area contributed by atoms with Crippen LogP contribution in [0.1, 0.15) is 27.4 Å². The number of fused-ring (bicyclic) bond motifs is 1. The Kier molecular flexibility index (Phi) is 2.78. The zero-order valence-corrected chi connectivity index (χ0v) is 11.6. The predicted octanol–water partition coefficient (Wildman–Crippen LogP) is 2.23. The van der Waals surface area contributed by atoms with Gasteiger partial charge in [0.05, 0.1) is 5.56 Å². The van der Waals surface area contributed by atoms with Gasteiger partial charge in [-0.3, -0.25) is 4.79 Å². The van der Waals surface area contributed by atoms with Crippen LogP contribution in [-0.4, -0.2) is 25.5 Å². The lowest BCUT2D eigenvalue weighted by Gasteiger charge is -2.00. The van der Waals surface area contributed by atoms with Crippen molar-refractivity contribution in [1.82, 2.24) is 19.6 Å². The van der Waals surface area contributed by atoms with E-state index in [9.17, 15) is 4.79 Å². The summed E-state index contributed by atoms with van der Waals surface area (Å²) in [5.74, 6) is 0.318. The van der Waals surface area contributed by atoms with Crippen molar-refractivity contribution in [2.75, 3.05) is 5.32 Å². The van der Waals surface area contributed by atoms with E-state index < -0.39 is 0 Å². The molecule has 2 N–H and O–H groups in total. The fraction of sp³-hybridized carbons (Fsp3) is 0.214. The highest BCUT2D eigenvalue weighted by Crippen LogP contribution is 2.14. The van der Waals surface area contributed by atoms with E-state index in [4.69, 9.17) is 0 Å². The summed E-state index contributed by atoms with van der Waals surface area (Å²) in [6, 6.07) is 5.45. The molecule has 1 amide bonds. The average molecular weight is 269 g/mol. The van der Waals surface area contributed by atoms with Crippen molar-refractivity contribution in [3.05, 3.63) is 47.0 Å². The van der Waals surface area contributed by atoms with Crippen molar-refractivity contribution < 1.29 is 4.79 Å². The van der Waals surface area contributed by atoms with Gasteiger partial charge in [0.15, 0.2) is 11.5 Å². The summed E-state index contributed by atoms with van der Waals surface area (Å²) in [7, 11) is 0. The summed E-state index contributed by atoms with van der Waals surface area (Å²) in [4.78, 5) is 19.5. The van der Waals surface area contributed by atoms with Crippen LogP contribution in [0.15, 0.2) is 24.4 Å². The van der Waals surface area contributed by atoms with Crippen LogP contribution in [0, 0.1) is 20.8 Å². The Balaban J connectivity index is 1.94. The molecule has 0 radical (unpaired) electrons. The van der Waals surface area contributed by atoms with Crippen LogP contribution in [-0.2, 0) is 0 Å². The maximum Gasteiger partial charge on any atom is 0.258 e. The molecule has 0 fully saturated rings. The minimum Gasteiger partial charge on any atom is -0.365 e. The third kappa shape index (κ3) is 2.05. The molecule has 0 aliphatic heterocycles. The first-order valence-corrected chi connectivity index (χ1v) is 6.34. The first-order chi connectivity index (χ1) is 9.54. The van der Waals surface area contributed by atoms with Crippen LogP contribution in [0.25, 0.3) is 5.65 Å². The standard InChI is InChI=1S/C14H15N5O/c1-8-6-9(2)19-13(16-8)7-12(18-19)17-14(20)11-4-5-15-10(11)3/h4-7,15H,1-3H3,(H,17,18,20). The molecule has 0 spiro atoms. The van der Waals surface area contributed by atoms with Crippen LogP contribution in [0.4, 0.5) is 5.82 Å². The largest absolute Gasteiger partial charge is 0.365 e. The number of carbonyl (C=O) groups excluding carboxylic acids is 1. The van der Waals surface area contributed by atoms with Gasteiger partial charge < -0.3 is 10.3 Å². The minimum atomic E-state index is -0.179. The van der Waals surface area contributed by atoms with Crippen LogP contribution in [0.3, 0.4) is 0 Å². The first kappa shape index (κ1) is 12.4. The van der Waals surface area contributed by atoms with Gasteiger partial charge in [0.25, 0.3) is 5.91 Å². The smallest absolute Gasteiger partial charge is 0.258 e. The molecule has 0 atom stereocenters. The zero-order chi connectivity index (χ0) is 14.3. The monoisotopic (exact) mass is 269 g/mol. The lowest BCUT2D eigenvalue weighted by Crippen LogP contribution is -2.12. The Hall–Kier alpha value is -2.63. The number of aryl methyl sites for hydroxylation is 3. The minimum absolute atomic E-state index is 0.179. The Labute approximate surface area is 115 Å². The fourth-order valence-corrected chi connectivity index (χ4v) is 2.23. The van der Waals surface area contributed by atoms with Gasteiger partial charge >= 0.3 is 0 Å². The second kappa shape index (κ2) is 4.48. The maximum absolute atomic E-state index is 12.1. The number of aromatic amines is 1. The van der Waals surface area contributed by atoms with E-state index in [1.165, 1.54) is 0 Å². The molecule has 0 aliphatic rings. The van der Waals surface area contributed by atoms with E-state index >= 15 is 0 Å². The number of aromatic nitrogens is 4. The highest BCUT2D eigenvalue weighted by Gasteiger charge is 2.12. The number of anilines is 1. The quantitative estimate of drug-likeness (QED) is 0.749. The van der Waals surface area contributed by atoms with Crippen molar-refractivity contribution in [1.29, 1.82) is 0 Å². The molecule has 6 heteroatoms. The number of nitrogens with one attached hydrogen (secondary N) is 2. The van der Waals surface area contributed by atoms with Gasteiger partial charge in [-0.15, -0.1) is 5.10 Å². The van der Waals surface area contributed by atoms with Crippen LogP contribution in [0.5, 0.6) is 0 Å². The summed E-state index contributed by atoms with van der Waals surface area (Å²) >= 11 is 0. The molecule has 3 aromatic rings. The fourth-order valence-electron chi connectivity index (χ4n) is 2.23. The molecular formula is C14H15N5O. The third-order valence-electron chi connectivity index (χ3n) is 3.17. The highest BCUT2D eigenvalue weighted by molar-refractivity contribution is 6.04. The van der Waals surface area contributed by atoms with Gasteiger partial charge in [-0.05, 0) is 32.9 Å². The van der Waals surface area contributed by atoms with Crippen molar-refractivity contribution in [3.8, 4) is 0 Å². The molecule has 0 aliphatic carbocycles. The number of H-pyrrole nitrogens is 1. The van der Waals surface area contributed by atoms with Crippen molar-refractivity contribution in [2.45, 2.75) is 20.8 Å². The van der Waals surface area contributed by atoms with Crippen molar-refractivity contribution in [3.63, 3.8) is 0 Å². The number of rotatable bonds is 2. The molecule has 0 saturated carbocycles. The molecule has 3 aromatic heterocycles.